The largest absolute Gasteiger partial charge is 0.492 e. The molecule has 2 aliphatic rings. The van der Waals surface area contributed by atoms with Crippen molar-refractivity contribution in [2.75, 3.05) is 13.7 Å². The van der Waals surface area contributed by atoms with E-state index in [4.69, 9.17) is 18.6 Å². The van der Waals surface area contributed by atoms with E-state index in [1.54, 1.807) is 43.3 Å². The number of nitrogens with zero attached hydrogens (tertiary/aromatic N) is 2. The average Bonchev–Trinajstić information content (AvgIpc) is 3.66. The summed E-state index contributed by atoms with van der Waals surface area (Å²) >= 11 is 0. The molecule has 2 atom stereocenters. The second-order valence-electron chi connectivity index (χ2n) is 9.89. The number of rotatable bonds is 6. The first-order valence-corrected chi connectivity index (χ1v) is 12.9. The highest BCUT2D eigenvalue weighted by molar-refractivity contribution is 5.76. The Morgan fingerprint density at radius 2 is 1.77 bits per heavy atom. The summed E-state index contributed by atoms with van der Waals surface area (Å²) < 4.78 is 64.7. The van der Waals surface area contributed by atoms with Crippen LogP contribution in [-0.2, 0) is 22.1 Å². The molecule has 206 valence electrons. The second-order valence-corrected chi connectivity index (χ2v) is 9.89. The highest BCUT2D eigenvalue weighted by Crippen LogP contribution is 2.47. The van der Waals surface area contributed by atoms with E-state index < -0.39 is 17.8 Å². The summed E-state index contributed by atoms with van der Waals surface area (Å²) in [6.07, 6.45) is -3.75. The molecule has 0 spiro atoms. The highest BCUT2D eigenvalue weighted by Gasteiger charge is 2.38. The number of hydrogen-bond acceptors (Lipinski definition) is 7. The Bertz CT molecular complexity index is 1580. The van der Waals surface area contributed by atoms with Crippen LogP contribution < -0.4 is 9.47 Å². The van der Waals surface area contributed by atoms with E-state index in [1.165, 1.54) is 13.2 Å². The molecule has 0 fully saturated rings. The van der Waals surface area contributed by atoms with Crippen molar-refractivity contribution >= 4 is 5.97 Å². The number of methoxy groups -OCH3 is 1. The molecule has 1 aromatic heterocycles. The first-order chi connectivity index (χ1) is 19.2. The number of benzene rings is 3. The van der Waals surface area contributed by atoms with Crippen LogP contribution in [0, 0.1) is 6.92 Å². The molecule has 0 bridgehead atoms. The Morgan fingerprint density at radius 3 is 2.48 bits per heavy atom. The Morgan fingerprint density at radius 1 is 1.02 bits per heavy atom. The third-order valence-corrected chi connectivity index (χ3v) is 7.39. The van der Waals surface area contributed by atoms with Gasteiger partial charge in [-0.15, -0.1) is 10.2 Å². The summed E-state index contributed by atoms with van der Waals surface area (Å²) in [5.41, 5.74) is 2.80. The quantitative estimate of drug-likeness (QED) is 0.243. The number of esters is 1. The lowest BCUT2D eigenvalue weighted by Gasteiger charge is -2.20. The van der Waals surface area contributed by atoms with Crippen molar-refractivity contribution in [3.05, 3.63) is 82.7 Å². The molecule has 0 radical (unpaired) electrons. The van der Waals surface area contributed by atoms with Crippen LogP contribution in [0.1, 0.15) is 53.0 Å². The third-order valence-electron chi connectivity index (χ3n) is 7.39. The van der Waals surface area contributed by atoms with E-state index in [0.717, 1.165) is 17.2 Å². The number of aromatic nitrogens is 2. The van der Waals surface area contributed by atoms with Gasteiger partial charge in [0, 0.05) is 30.0 Å². The topological polar surface area (TPSA) is 83.7 Å². The first kappa shape index (κ1) is 25.9. The summed E-state index contributed by atoms with van der Waals surface area (Å²) in [5.74, 6) is 1.49. The number of aryl methyl sites for hydroxylation is 1. The highest BCUT2D eigenvalue weighted by atomic mass is 19.4. The van der Waals surface area contributed by atoms with Gasteiger partial charge in [-0.3, -0.25) is 4.79 Å². The maximum Gasteiger partial charge on any atom is 0.417 e. The zero-order chi connectivity index (χ0) is 28.0. The first-order valence-electron chi connectivity index (χ1n) is 12.9. The smallest absolute Gasteiger partial charge is 0.417 e. The van der Waals surface area contributed by atoms with Gasteiger partial charge in [-0.25, -0.2) is 0 Å². The van der Waals surface area contributed by atoms with Crippen LogP contribution in [0.3, 0.4) is 0 Å². The van der Waals surface area contributed by atoms with Crippen LogP contribution in [-0.4, -0.2) is 29.9 Å². The summed E-state index contributed by atoms with van der Waals surface area (Å²) in [5, 5.41) is 7.79. The Kier molecular flexibility index (Phi) is 6.48. The zero-order valence-electron chi connectivity index (χ0n) is 21.7. The van der Waals surface area contributed by atoms with Crippen LogP contribution in [0.15, 0.2) is 59.0 Å². The predicted molar refractivity (Wildman–Crippen MR) is 138 cm³/mol. The molecule has 0 amide bonds. The van der Waals surface area contributed by atoms with Gasteiger partial charge in [-0.2, -0.15) is 13.2 Å². The fraction of sp³-hybridized carbons (Fsp3) is 0.300. The van der Waals surface area contributed by atoms with E-state index in [-0.39, 0.29) is 23.9 Å². The Balaban J connectivity index is 1.30. The van der Waals surface area contributed by atoms with Crippen LogP contribution in [0.4, 0.5) is 13.2 Å². The maximum atomic E-state index is 14.1. The lowest BCUT2D eigenvalue weighted by Crippen LogP contribution is -2.10. The molecule has 0 N–H and O–H groups in total. The van der Waals surface area contributed by atoms with Gasteiger partial charge in [-0.05, 0) is 59.4 Å². The van der Waals surface area contributed by atoms with Crippen molar-refractivity contribution in [1.29, 1.82) is 0 Å². The molecule has 10 heteroatoms. The number of hydrogen-bond donors (Lipinski definition) is 0. The summed E-state index contributed by atoms with van der Waals surface area (Å²) in [6.45, 7) is 2.04. The lowest BCUT2D eigenvalue weighted by molar-refractivity contribution is -0.141. The molecule has 0 saturated carbocycles. The van der Waals surface area contributed by atoms with E-state index in [0.29, 0.717) is 59.4 Å². The molecule has 4 aromatic rings. The van der Waals surface area contributed by atoms with Crippen molar-refractivity contribution in [2.45, 2.75) is 44.4 Å². The molecule has 1 aliphatic heterocycles. The Labute approximate surface area is 227 Å². The third kappa shape index (κ3) is 4.78. The normalized spacial score (nSPS) is 17.7. The maximum absolute atomic E-state index is 14.1. The zero-order valence-corrected chi connectivity index (χ0v) is 21.7. The molecule has 0 saturated heterocycles. The van der Waals surface area contributed by atoms with Crippen molar-refractivity contribution in [2.24, 2.45) is 0 Å². The van der Waals surface area contributed by atoms with Crippen molar-refractivity contribution in [1.82, 2.24) is 10.2 Å². The van der Waals surface area contributed by atoms with E-state index in [1.807, 2.05) is 6.07 Å². The number of fused-ring (bicyclic) bond motifs is 2. The van der Waals surface area contributed by atoms with Crippen molar-refractivity contribution in [3.8, 4) is 34.1 Å². The summed E-state index contributed by atoms with van der Waals surface area (Å²) in [6, 6.07) is 14.8. The minimum absolute atomic E-state index is 0.0951. The number of ether oxygens (including phenoxy) is 3. The fourth-order valence-electron chi connectivity index (χ4n) is 5.50. The van der Waals surface area contributed by atoms with Crippen LogP contribution in [0.2, 0.25) is 0 Å². The molecular formula is C30H25F3N2O5. The van der Waals surface area contributed by atoms with Crippen LogP contribution in [0.5, 0.6) is 11.5 Å². The fourth-order valence-corrected chi connectivity index (χ4v) is 5.50. The number of alkyl halides is 3. The van der Waals surface area contributed by atoms with Crippen molar-refractivity contribution in [3.63, 3.8) is 0 Å². The van der Waals surface area contributed by atoms with Gasteiger partial charge in [-0.1, -0.05) is 24.3 Å². The molecule has 7 nitrogen and oxygen atoms in total. The molecule has 40 heavy (non-hydrogen) atoms. The molecule has 1 unspecified atom stereocenters. The molecule has 6 rings (SSSR count). The van der Waals surface area contributed by atoms with Crippen molar-refractivity contribution < 1.29 is 36.6 Å². The molecular weight excluding hydrogens is 525 g/mol. The van der Waals surface area contributed by atoms with E-state index in [9.17, 15) is 18.0 Å². The second kappa shape index (κ2) is 10.0. The van der Waals surface area contributed by atoms with Gasteiger partial charge in [0.2, 0.25) is 11.8 Å². The van der Waals surface area contributed by atoms with Gasteiger partial charge in [0.1, 0.15) is 17.6 Å². The van der Waals surface area contributed by atoms with E-state index in [2.05, 4.69) is 10.2 Å². The number of halogens is 3. The lowest BCUT2D eigenvalue weighted by atomic mass is 9.91. The summed E-state index contributed by atoms with van der Waals surface area (Å²) in [7, 11) is 1.35. The Hall–Kier alpha value is -4.34. The minimum Gasteiger partial charge on any atom is -0.492 e. The minimum atomic E-state index is -4.52. The van der Waals surface area contributed by atoms with Crippen LogP contribution >= 0.6 is 0 Å². The standard InChI is InChI=1S/C30H25F3N2O5/c1-16-34-35-29(39-16)18-5-3-17(4-6-18)28-23-10-12-25(22(23)9-11-24(28)30(31,32)33)40-20-7-8-21-19(13-27(36)37-2)15-38-26(21)14-20/h3-9,11,14,19,25H,10,12-13,15H2,1-2H3/t19?,25-/m1/s1. The number of carbonyl (C=O) groups excluding carboxylic acids is 1. The predicted octanol–water partition coefficient (Wildman–Crippen LogP) is 6.84. The summed E-state index contributed by atoms with van der Waals surface area (Å²) in [4.78, 5) is 11.7. The average molecular weight is 551 g/mol. The van der Waals surface area contributed by atoms with Gasteiger partial charge < -0.3 is 18.6 Å². The molecule has 1 aliphatic carbocycles. The van der Waals surface area contributed by atoms with Gasteiger partial charge >= 0.3 is 12.1 Å². The number of carbonyl (C=O) groups is 1. The van der Waals surface area contributed by atoms with E-state index >= 15 is 0 Å². The van der Waals surface area contributed by atoms with Crippen LogP contribution in [0.25, 0.3) is 22.6 Å². The van der Waals surface area contributed by atoms with Gasteiger partial charge in [0.05, 0.1) is 25.7 Å². The molecule has 3 aromatic carbocycles. The SMILES string of the molecule is COC(=O)CC1COc2cc(O[C@@H]3CCc4c3ccc(C(F)(F)F)c4-c3ccc(-c4nnc(C)o4)cc3)ccc21. The molecule has 2 heterocycles. The van der Waals surface area contributed by atoms with Gasteiger partial charge in [0.25, 0.3) is 0 Å². The van der Waals surface area contributed by atoms with Gasteiger partial charge in [0.15, 0.2) is 0 Å². The monoisotopic (exact) mass is 550 g/mol.